The molecule has 1 heterocycles. The van der Waals surface area contributed by atoms with Crippen LogP contribution in [0.5, 0.6) is 0 Å². The van der Waals surface area contributed by atoms with E-state index >= 15 is 0 Å². The van der Waals surface area contributed by atoms with Crippen molar-refractivity contribution in [1.82, 2.24) is 4.57 Å². The lowest BCUT2D eigenvalue weighted by Crippen LogP contribution is -2.17. The lowest BCUT2D eigenvalue weighted by molar-refractivity contribution is -0.116. The van der Waals surface area contributed by atoms with Gasteiger partial charge in [0.05, 0.1) is 12.1 Å². The molecule has 0 spiro atoms. The fourth-order valence-electron chi connectivity index (χ4n) is 2.59. The number of amides is 1. The molecule has 0 aliphatic carbocycles. The Labute approximate surface area is 138 Å². The minimum atomic E-state index is -0.410. The molecule has 0 aliphatic rings. The number of carbonyl (C=O) groups is 1. The molecule has 24 heavy (non-hydrogen) atoms. The first-order chi connectivity index (χ1) is 11.7. The van der Waals surface area contributed by atoms with E-state index in [1.165, 1.54) is 4.57 Å². The van der Waals surface area contributed by atoms with Crippen molar-refractivity contribution in [2.75, 3.05) is 5.32 Å². The van der Waals surface area contributed by atoms with Crippen molar-refractivity contribution in [3.05, 3.63) is 64.6 Å². The van der Waals surface area contributed by atoms with E-state index in [9.17, 15) is 9.59 Å². The van der Waals surface area contributed by atoms with Gasteiger partial charge < -0.3 is 14.8 Å². The number of anilines is 1. The number of aliphatic hydroxyl groups is 1. The second kappa shape index (κ2) is 7.14. The lowest BCUT2D eigenvalue weighted by atomic mass is 10.2. The average molecular weight is 326 g/mol. The number of fused-ring (bicyclic) bond motifs is 1. The molecule has 3 aromatic rings. The van der Waals surface area contributed by atoms with Crippen LogP contribution in [0.4, 0.5) is 5.69 Å². The number of nitrogens with one attached hydrogen (secondary N) is 1. The Hall–Kier alpha value is -2.86. The summed E-state index contributed by atoms with van der Waals surface area (Å²) in [5.41, 5.74) is 2.67. The highest BCUT2D eigenvalue weighted by molar-refractivity contribution is 5.90. The second-order valence-electron chi connectivity index (χ2n) is 5.50. The minimum Gasteiger partial charge on any atom is -0.408 e. The molecule has 0 saturated carbocycles. The summed E-state index contributed by atoms with van der Waals surface area (Å²) in [5, 5.41) is 11.9. The largest absolute Gasteiger partial charge is 0.419 e. The first kappa shape index (κ1) is 16.0. The average Bonchev–Trinajstić information content (AvgIpc) is 2.91. The van der Waals surface area contributed by atoms with Gasteiger partial charge in [0.2, 0.25) is 5.91 Å². The summed E-state index contributed by atoms with van der Waals surface area (Å²) in [6.07, 6.45) is 0.810. The molecule has 2 N–H and O–H groups in total. The third kappa shape index (κ3) is 3.55. The number of nitrogens with zero attached hydrogens (tertiary/aromatic N) is 1. The van der Waals surface area contributed by atoms with E-state index in [1.54, 1.807) is 30.3 Å². The summed E-state index contributed by atoms with van der Waals surface area (Å²) in [6.45, 7) is 0.347. The van der Waals surface area contributed by atoms with E-state index < -0.39 is 5.76 Å². The highest BCUT2D eigenvalue weighted by Gasteiger charge is 2.09. The number of hydrogen-bond donors (Lipinski definition) is 2. The van der Waals surface area contributed by atoms with E-state index in [-0.39, 0.29) is 18.9 Å². The molecule has 1 aromatic heterocycles. The summed E-state index contributed by atoms with van der Waals surface area (Å²) in [5.74, 6) is -0.543. The number of oxazole rings is 1. The zero-order chi connectivity index (χ0) is 16.9. The minimum absolute atomic E-state index is 0.0693. The van der Waals surface area contributed by atoms with Gasteiger partial charge in [-0.3, -0.25) is 9.36 Å². The van der Waals surface area contributed by atoms with Crippen LogP contribution < -0.4 is 11.1 Å². The highest BCUT2D eigenvalue weighted by atomic mass is 16.4. The predicted octanol–water partition coefficient (Wildman–Crippen LogP) is 2.51. The Kier molecular flexibility index (Phi) is 4.77. The Morgan fingerprint density at radius 3 is 2.83 bits per heavy atom. The Morgan fingerprint density at radius 1 is 1.17 bits per heavy atom. The maximum atomic E-state index is 12.0. The van der Waals surface area contributed by atoms with Crippen LogP contribution in [-0.2, 0) is 17.9 Å². The van der Waals surface area contributed by atoms with Crippen LogP contribution in [-0.4, -0.2) is 15.6 Å². The van der Waals surface area contributed by atoms with Crippen LogP contribution in [0.2, 0.25) is 0 Å². The summed E-state index contributed by atoms with van der Waals surface area (Å²) < 4.78 is 6.70. The van der Waals surface area contributed by atoms with Crippen molar-refractivity contribution in [3.63, 3.8) is 0 Å². The number of benzene rings is 2. The summed E-state index contributed by atoms with van der Waals surface area (Å²) in [4.78, 5) is 23.9. The molecule has 0 bridgehead atoms. The maximum Gasteiger partial charge on any atom is 0.419 e. The molecule has 3 rings (SSSR count). The molecule has 0 aliphatic heterocycles. The van der Waals surface area contributed by atoms with Gasteiger partial charge in [0.1, 0.15) is 0 Å². The molecule has 0 fully saturated rings. The number of rotatable bonds is 6. The van der Waals surface area contributed by atoms with Crippen LogP contribution in [0.1, 0.15) is 18.4 Å². The molecular weight excluding hydrogens is 308 g/mol. The zero-order valence-electron chi connectivity index (χ0n) is 13.1. The zero-order valence-corrected chi connectivity index (χ0v) is 13.1. The lowest BCUT2D eigenvalue weighted by Gasteiger charge is -2.07. The van der Waals surface area contributed by atoms with Gasteiger partial charge >= 0.3 is 5.76 Å². The van der Waals surface area contributed by atoms with Gasteiger partial charge in [0.15, 0.2) is 5.58 Å². The topological polar surface area (TPSA) is 84.5 Å². The third-order valence-corrected chi connectivity index (χ3v) is 3.75. The van der Waals surface area contributed by atoms with E-state index in [4.69, 9.17) is 9.52 Å². The standard InChI is InChI=1S/C18H18N2O4/c21-12-13-5-3-6-14(11-13)19-17(22)9-4-10-20-15-7-1-2-8-16(15)24-18(20)23/h1-3,5-8,11,21H,4,9-10,12H2,(H,19,22). The molecule has 0 saturated heterocycles. The SMILES string of the molecule is O=C(CCCn1c(=O)oc2ccccc21)Nc1cccc(CO)c1. The molecule has 124 valence electrons. The van der Waals surface area contributed by atoms with E-state index in [2.05, 4.69) is 5.32 Å². The predicted molar refractivity (Wildman–Crippen MR) is 90.7 cm³/mol. The first-order valence-electron chi connectivity index (χ1n) is 7.75. The van der Waals surface area contributed by atoms with Crippen molar-refractivity contribution in [2.45, 2.75) is 26.0 Å². The number of aromatic nitrogens is 1. The number of aryl methyl sites for hydroxylation is 1. The monoisotopic (exact) mass is 326 g/mol. The molecule has 0 radical (unpaired) electrons. The fraction of sp³-hybridized carbons (Fsp3) is 0.222. The Balaban J connectivity index is 1.58. The van der Waals surface area contributed by atoms with Gasteiger partial charge in [-0.15, -0.1) is 0 Å². The smallest absolute Gasteiger partial charge is 0.408 e. The summed E-state index contributed by atoms with van der Waals surface area (Å²) in [6, 6.07) is 14.3. The molecular formula is C18H18N2O4. The Bertz CT molecular complexity index is 911. The van der Waals surface area contributed by atoms with Crippen molar-refractivity contribution in [3.8, 4) is 0 Å². The van der Waals surface area contributed by atoms with Gasteiger partial charge in [-0.1, -0.05) is 24.3 Å². The number of hydrogen-bond acceptors (Lipinski definition) is 4. The molecule has 0 atom stereocenters. The van der Waals surface area contributed by atoms with E-state index in [1.807, 2.05) is 18.2 Å². The van der Waals surface area contributed by atoms with Crippen LogP contribution in [0.3, 0.4) is 0 Å². The molecule has 0 unspecified atom stereocenters. The summed E-state index contributed by atoms with van der Waals surface area (Å²) >= 11 is 0. The quantitative estimate of drug-likeness (QED) is 0.729. The van der Waals surface area contributed by atoms with Crippen LogP contribution >= 0.6 is 0 Å². The molecule has 1 amide bonds. The second-order valence-corrected chi connectivity index (χ2v) is 5.50. The van der Waals surface area contributed by atoms with Crippen LogP contribution in [0.15, 0.2) is 57.7 Å². The van der Waals surface area contributed by atoms with E-state index in [0.717, 1.165) is 11.1 Å². The van der Waals surface area contributed by atoms with Crippen molar-refractivity contribution >= 4 is 22.7 Å². The molecule has 6 nitrogen and oxygen atoms in total. The highest BCUT2D eigenvalue weighted by Crippen LogP contribution is 2.14. The van der Waals surface area contributed by atoms with Gasteiger partial charge in [-0.2, -0.15) is 0 Å². The van der Waals surface area contributed by atoms with Gasteiger partial charge in [-0.25, -0.2) is 4.79 Å². The van der Waals surface area contributed by atoms with Gasteiger partial charge in [0, 0.05) is 18.7 Å². The number of para-hydroxylation sites is 2. The van der Waals surface area contributed by atoms with Crippen molar-refractivity contribution in [2.24, 2.45) is 0 Å². The molecule has 6 heteroatoms. The Morgan fingerprint density at radius 2 is 2.00 bits per heavy atom. The van der Waals surface area contributed by atoms with Crippen LogP contribution in [0, 0.1) is 0 Å². The summed E-state index contributed by atoms with van der Waals surface area (Å²) in [7, 11) is 0. The fourth-order valence-corrected chi connectivity index (χ4v) is 2.59. The van der Waals surface area contributed by atoms with Crippen molar-refractivity contribution < 1.29 is 14.3 Å². The normalized spacial score (nSPS) is 10.9. The third-order valence-electron chi connectivity index (χ3n) is 3.75. The van der Waals surface area contributed by atoms with Gasteiger partial charge in [0.25, 0.3) is 0 Å². The van der Waals surface area contributed by atoms with Crippen molar-refractivity contribution in [1.29, 1.82) is 0 Å². The number of aliphatic hydroxyl groups excluding tert-OH is 1. The maximum absolute atomic E-state index is 12.0. The van der Waals surface area contributed by atoms with Gasteiger partial charge in [-0.05, 0) is 36.2 Å². The van der Waals surface area contributed by atoms with Crippen LogP contribution in [0.25, 0.3) is 11.1 Å². The molecule has 2 aromatic carbocycles. The number of carbonyl (C=O) groups excluding carboxylic acids is 1. The first-order valence-corrected chi connectivity index (χ1v) is 7.75. The van der Waals surface area contributed by atoms with E-state index in [0.29, 0.717) is 24.2 Å².